The van der Waals surface area contributed by atoms with E-state index in [-0.39, 0.29) is 5.69 Å². The van der Waals surface area contributed by atoms with Crippen LogP contribution in [-0.2, 0) is 11.3 Å². The minimum absolute atomic E-state index is 0.270. The van der Waals surface area contributed by atoms with Crippen LogP contribution >= 0.6 is 11.6 Å². The van der Waals surface area contributed by atoms with Gasteiger partial charge in [0, 0.05) is 23.5 Å². The van der Waals surface area contributed by atoms with Crippen molar-refractivity contribution in [1.29, 1.82) is 0 Å². The second-order valence-corrected chi connectivity index (χ2v) is 4.27. The average molecular weight is 277 g/mol. The van der Waals surface area contributed by atoms with E-state index in [0.29, 0.717) is 11.6 Å². The lowest BCUT2D eigenvalue weighted by Crippen LogP contribution is -2.06. The van der Waals surface area contributed by atoms with Crippen LogP contribution in [0, 0.1) is 0 Å². The van der Waals surface area contributed by atoms with Crippen molar-refractivity contribution in [2.75, 3.05) is 12.4 Å². The number of anilines is 1. The molecule has 0 saturated carbocycles. The molecule has 0 aliphatic rings. The number of methoxy groups -OCH3 is 1. The van der Waals surface area contributed by atoms with Gasteiger partial charge in [-0.15, -0.1) is 0 Å². The molecule has 19 heavy (non-hydrogen) atoms. The highest BCUT2D eigenvalue weighted by Gasteiger charge is 2.07. The fourth-order valence-electron chi connectivity index (χ4n) is 1.60. The van der Waals surface area contributed by atoms with Gasteiger partial charge < -0.3 is 10.1 Å². The molecular formula is C14H13ClN2O2. The van der Waals surface area contributed by atoms with Crippen LogP contribution in [-0.4, -0.2) is 18.1 Å². The lowest BCUT2D eigenvalue weighted by Gasteiger charge is -2.08. The van der Waals surface area contributed by atoms with Crippen LogP contribution in [0.2, 0.25) is 5.02 Å². The molecule has 4 nitrogen and oxygen atoms in total. The number of hydrogen-bond donors (Lipinski definition) is 1. The molecule has 1 aromatic heterocycles. The van der Waals surface area contributed by atoms with E-state index in [0.717, 1.165) is 11.3 Å². The molecule has 0 amide bonds. The molecule has 0 aliphatic heterocycles. The highest BCUT2D eigenvalue weighted by molar-refractivity contribution is 6.31. The first-order valence-electron chi connectivity index (χ1n) is 5.72. The van der Waals surface area contributed by atoms with Gasteiger partial charge in [0.15, 0.2) is 0 Å². The zero-order chi connectivity index (χ0) is 13.7. The van der Waals surface area contributed by atoms with Crippen molar-refractivity contribution in [1.82, 2.24) is 4.98 Å². The summed E-state index contributed by atoms with van der Waals surface area (Å²) in [4.78, 5) is 15.3. The van der Waals surface area contributed by atoms with Crippen molar-refractivity contribution in [3.05, 3.63) is 58.9 Å². The summed E-state index contributed by atoms with van der Waals surface area (Å²) in [7, 11) is 1.33. The predicted octanol–water partition coefficient (Wildman–Crippen LogP) is 3.13. The number of ether oxygens (including phenoxy) is 1. The van der Waals surface area contributed by atoms with E-state index in [1.54, 1.807) is 18.3 Å². The van der Waals surface area contributed by atoms with Crippen molar-refractivity contribution >= 4 is 23.3 Å². The molecule has 0 aliphatic carbocycles. The smallest absolute Gasteiger partial charge is 0.356 e. The summed E-state index contributed by atoms with van der Waals surface area (Å²) in [5, 5.41) is 3.89. The third kappa shape index (κ3) is 3.45. The predicted molar refractivity (Wildman–Crippen MR) is 74.4 cm³/mol. The van der Waals surface area contributed by atoms with Crippen LogP contribution in [0.5, 0.6) is 0 Å². The minimum Gasteiger partial charge on any atom is -0.464 e. The van der Waals surface area contributed by atoms with E-state index in [1.807, 2.05) is 24.3 Å². The number of esters is 1. The maximum Gasteiger partial charge on any atom is 0.356 e. The summed E-state index contributed by atoms with van der Waals surface area (Å²) in [6.45, 7) is 0.574. The van der Waals surface area contributed by atoms with Crippen molar-refractivity contribution in [2.45, 2.75) is 6.54 Å². The molecule has 0 saturated heterocycles. The summed E-state index contributed by atoms with van der Waals surface area (Å²) in [6.07, 6.45) is 1.56. The van der Waals surface area contributed by atoms with Gasteiger partial charge in [0.1, 0.15) is 5.69 Å². The average Bonchev–Trinajstić information content (AvgIpc) is 2.46. The molecule has 2 rings (SSSR count). The van der Waals surface area contributed by atoms with Gasteiger partial charge in [0.2, 0.25) is 0 Å². The molecule has 0 bridgehead atoms. The van der Waals surface area contributed by atoms with Crippen LogP contribution < -0.4 is 5.32 Å². The van der Waals surface area contributed by atoms with E-state index in [2.05, 4.69) is 15.0 Å². The Morgan fingerprint density at radius 2 is 2.16 bits per heavy atom. The van der Waals surface area contributed by atoms with E-state index in [1.165, 1.54) is 7.11 Å². The number of halogens is 1. The normalized spacial score (nSPS) is 10.0. The molecule has 2 aromatic rings. The Morgan fingerprint density at radius 1 is 1.37 bits per heavy atom. The van der Waals surface area contributed by atoms with Crippen LogP contribution in [0.3, 0.4) is 0 Å². The van der Waals surface area contributed by atoms with Crippen molar-refractivity contribution < 1.29 is 9.53 Å². The number of pyridine rings is 1. The van der Waals surface area contributed by atoms with E-state index in [9.17, 15) is 4.79 Å². The highest BCUT2D eigenvalue weighted by atomic mass is 35.5. The Balaban J connectivity index is 2.08. The Hall–Kier alpha value is -2.07. The molecule has 1 aromatic carbocycles. The standard InChI is InChI=1S/C14H13ClN2O2/c1-19-14(18)13-8-11(6-7-16-13)17-9-10-4-2-3-5-12(10)15/h2-8H,9H2,1H3,(H,16,17). The first-order chi connectivity index (χ1) is 9.20. The van der Waals surface area contributed by atoms with E-state index in [4.69, 9.17) is 11.6 Å². The summed E-state index contributed by atoms with van der Waals surface area (Å²) in [5.41, 5.74) is 2.04. The number of nitrogens with zero attached hydrogens (tertiary/aromatic N) is 1. The Kier molecular flexibility index (Phi) is 4.36. The SMILES string of the molecule is COC(=O)c1cc(NCc2ccccc2Cl)ccn1. The van der Waals surface area contributed by atoms with Gasteiger partial charge in [0.25, 0.3) is 0 Å². The maximum absolute atomic E-state index is 11.4. The highest BCUT2D eigenvalue weighted by Crippen LogP contribution is 2.17. The van der Waals surface area contributed by atoms with Crippen molar-refractivity contribution in [3.8, 4) is 0 Å². The van der Waals surface area contributed by atoms with Gasteiger partial charge >= 0.3 is 5.97 Å². The second-order valence-electron chi connectivity index (χ2n) is 3.87. The topological polar surface area (TPSA) is 51.2 Å². The van der Waals surface area contributed by atoms with Crippen LogP contribution in [0.4, 0.5) is 5.69 Å². The first-order valence-corrected chi connectivity index (χ1v) is 6.10. The molecule has 98 valence electrons. The van der Waals surface area contributed by atoms with E-state index >= 15 is 0 Å². The zero-order valence-electron chi connectivity index (χ0n) is 10.4. The molecule has 0 radical (unpaired) electrons. The molecular weight excluding hydrogens is 264 g/mol. The number of carbonyl (C=O) groups is 1. The Bertz CT molecular complexity index is 587. The number of rotatable bonds is 4. The third-order valence-electron chi connectivity index (χ3n) is 2.60. The zero-order valence-corrected chi connectivity index (χ0v) is 11.1. The number of aromatic nitrogens is 1. The molecule has 0 unspecified atom stereocenters. The number of benzene rings is 1. The second kappa shape index (κ2) is 6.20. The van der Waals surface area contributed by atoms with Crippen molar-refractivity contribution in [2.24, 2.45) is 0 Å². The fraction of sp³-hybridized carbons (Fsp3) is 0.143. The monoisotopic (exact) mass is 276 g/mol. The van der Waals surface area contributed by atoms with Crippen molar-refractivity contribution in [3.63, 3.8) is 0 Å². The van der Waals surface area contributed by atoms with Gasteiger partial charge in [-0.2, -0.15) is 0 Å². The number of hydrogen-bond acceptors (Lipinski definition) is 4. The van der Waals surface area contributed by atoms with E-state index < -0.39 is 5.97 Å². The molecule has 0 spiro atoms. The number of carbonyl (C=O) groups excluding carboxylic acids is 1. The summed E-state index contributed by atoms with van der Waals surface area (Å²) in [5.74, 6) is -0.457. The molecule has 0 fully saturated rings. The quantitative estimate of drug-likeness (QED) is 0.872. The summed E-state index contributed by atoms with van der Waals surface area (Å²) < 4.78 is 4.62. The third-order valence-corrected chi connectivity index (χ3v) is 2.96. The van der Waals surface area contributed by atoms with Crippen LogP contribution in [0.25, 0.3) is 0 Å². The first kappa shape index (κ1) is 13.4. The maximum atomic E-state index is 11.4. The fourth-order valence-corrected chi connectivity index (χ4v) is 1.80. The van der Waals surface area contributed by atoms with Gasteiger partial charge in [-0.25, -0.2) is 9.78 Å². The van der Waals surface area contributed by atoms with Crippen LogP contribution in [0.15, 0.2) is 42.6 Å². The molecule has 1 N–H and O–H groups in total. The minimum atomic E-state index is -0.457. The van der Waals surface area contributed by atoms with Gasteiger partial charge in [-0.1, -0.05) is 29.8 Å². The largest absolute Gasteiger partial charge is 0.464 e. The Morgan fingerprint density at radius 3 is 2.89 bits per heavy atom. The Labute approximate surface area is 116 Å². The summed E-state index contributed by atoms with van der Waals surface area (Å²) in [6, 6.07) is 11.0. The summed E-state index contributed by atoms with van der Waals surface area (Å²) >= 11 is 6.07. The lowest BCUT2D eigenvalue weighted by molar-refractivity contribution is 0.0594. The van der Waals surface area contributed by atoms with Gasteiger partial charge in [-0.05, 0) is 23.8 Å². The molecule has 1 heterocycles. The number of nitrogens with one attached hydrogen (secondary N) is 1. The molecule has 5 heteroatoms. The van der Waals surface area contributed by atoms with Gasteiger partial charge in [-0.3, -0.25) is 0 Å². The lowest BCUT2D eigenvalue weighted by atomic mass is 10.2. The van der Waals surface area contributed by atoms with Gasteiger partial charge in [0.05, 0.1) is 7.11 Å². The van der Waals surface area contributed by atoms with Crippen LogP contribution in [0.1, 0.15) is 16.1 Å². The molecule has 0 atom stereocenters.